The summed E-state index contributed by atoms with van der Waals surface area (Å²) < 4.78 is 32.3. The van der Waals surface area contributed by atoms with E-state index in [1.165, 1.54) is 10.4 Å². The lowest BCUT2D eigenvalue weighted by Gasteiger charge is -2.23. The molecule has 0 aliphatic carbocycles. The number of anilines is 1. The molecule has 5 nitrogen and oxygen atoms in total. The molecule has 0 radical (unpaired) electrons. The first-order chi connectivity index (χ1) is 9.45. The number of sulfonamides is 1. The molecule has 1 heterocycles. The van der Waals surface area contributed by atoms with Gasteiger partial charge in [-0.3, -0.25) is 0 Å². The lowest BCUT2D eigenvalue weighted by Crippen LogP contribution is -2.37. The van der Waals surface area contributed by atoms with E-state index in [-0.39, 0.29) is 11.0 Å². The van der Waals surface area contributed by atoms with Gasteiger partial charge in [0.1, 0.15) is 0 Å². The van der Waals surface area contributed by atoms with E-state index in [4.69, 9.17) is 10.5 Å². The third kappa shape index (κ3) is 3.13. The molecule has 1 aliphatic heterocycles. The zero-order chi connectivity index (χ0) is 14.8. The van der Waals surface area contributed by atoms with Crippen LogP contribution in [-0.4, -0.2) is 38.5 Å². The lowest BCUT2D eigenvalue weighted by atomic mass is 10.2. The summed E-state index contributed by atoms with van der Waals surface area (Å²) >= 11 is 0. The maximum absolute atomic E-state index is 12.6. The highest BCUT2D eigenvalue weighted by Crippen LogP contribution is 2.22. The summed E-state index contributed by atoms with van der Waals surface area (Å²) in [7, 11) is -3.50. The average Bonchev–Trinajstić information content (AvgIpc) is 2.91. The minimum atomic E-state index is -3.50. The van der Waals surface area contributed by atoms with Gasteiger partial charge in [-0.05, 0) is 37.5 Å². The zero-order valence-electron chi connectivity index (χ0n) is 12.0. The molecule has 20 heavy (non-hydrogen) atoms. The summed E-state index contributed by atoms with van der Waals surface area (Å²) in [6.07, 6.45) is 1.93. The first-order valence-electron chi connectivity index (χ1n) is 6.93. The van der Waals surface area contributed by atoms with Crippen LogP contribution in [0.4, 0.5) is 5.69 Å². The van der Waals surface area contributed by atoms with Crippen molar-refractivity contribution in [2.75, 3.05) is 25.4 Å². The molecule has 0 saturated carbocycles. The largest absolute Gasteiger partial charge is 0.398 e. The average molecular weight is 298 g/mol. The van der Waals surface area contributed by atoms with Gasteiger partial charge in [0.05, 0.1) is 11.0 Å². The number of hydrogen-bond acceptors (Lipinski definition) is 4. The summed E-state index contributed by atoms with van der Waals surface area (Å²) in [5, 5.41) is 0. The van der Waals surface area contributed by atoms with E-state index >= 15 is 0 Å². The standard InChI is InChI=1S/C14H22N2O3S/c1-3-16(10-12-5-4-8-19-12)20(17,18)13-7-6-11(2)14(15)9-13/h6-7,9,12H,3-5,8,10,15H2,1-2H3. The molecular weight excluding hydrogens is 276 g/mol. The molecule has 1 fully saturated rings. The molecule has 1 aliphatic rings. The molecule has 0 spiro atoms. The van der Waals surface area contributed by atoms with Gasteiger partial charge < -0.3 is 10.5 Å². The number of nitrogen functional groups attached to an aromatic ring is 1. The van der Waals surface area contributed by atoms with Crippen LogP contribution in [0.1, 0.15) is 25.3 Å². The van der Waals surface area contributed by atoms with Gasteiger partial charge in [0.15, 0.2) is 0 Å². The second-order valence-corrected chi connectivity index (χ2v) is 7.05. The van der Waals surface area contributed by atoms with Gasteiger partial charge in [-0.1, -0.05) is 13.0 Å². The van der Waals surface area contributed by atoms with Crippen LogP contribution in [0.25, 0.3) is 0 Å². The number of aryl methyl sites for hydroxylation is 1. The van der Waals surface area contributed by atoms with Gasteiger partial charge >= 0.3 is 0 Å². The Morgan fingerprint density at radius 3 is 2.75 bits per heavy atom. The SMILES string of the molecule is CCN(CC1CCCO1)S(=O)(=O)c1ccc(C)c(N)c1. The van der Waals surface area contributed by atoms with Gasteiger partial charge in [-0.15, -0.1) is 0 Å². The van der Waals surface area contributed by atoms with E-state index in [0.29, 0.717) is 18.8 Å². The number of hydrogen-bond donors (Lipinski definition) is 1. The van der Waals surface area contributed by atoms with E-state index in [2.05, 4.69) is 0 Å². The number of rotatable bonds is 5. The Hall–Kier alpha value is -1.11. The molecule has 1 aromatic rings. The van der Waals surface area contributed by atoms with E-state index in [1.807, 2.05) is 13.8 Å². The zero-order valence-corrected chi connectivity index (χ0v) is 12.8. The summed E-state index contributed by atoms with van der Waals surface area (Å²) in [5.41, 5.74) is 7.19. The van der Waals surface area contributed by atoms with Crippen molar-refractivity contribution in [3.8, 4) is 0 Å². The second-order valence-electron chi connectivity index (χ2n) is 5.11. The number of nitrogens with two attached hydrogens (primary N) is 1. The molecule has 6 heteroatoms. The summed E-state index contributed by atoms with van der Waals surface area (Å²) in [4.78, 5) is 0.250. The highest BCUT2D eigenvalue weighted by Gasteiger charge is 2.28. The van der Waals surface area contributed by atoms with Crippen LogP contribution in [-0.2, 0) is 14.8 Å². The minimum Gasteiger partial charge on any atom is -0.398 e. The monoisotopic (exact) mass is 298 g/mol. The summed E-state index contributed by atoms with van der Waals surface area (Å²) in [6.45, 7) is 5.25. The first kappa shape index (κ1) is 15.3. The third-order valence-electron chi connectivity index (χ3n) is 3.67. The molecule has 112 valence electrons. The molecular formula is C14H22N2O3S. The van der Waals surface area contributed by atoms with Crippen LogP contribution in [0, 0.1) is 6.92 Å². The van der Waals surface area contributed by atoms with Crippen molar-refractivity contribution >= 4 is 15.7 Å². The highest BCUT2D eigenvalue weighted by atomic mass is 32.2. The number of ether oxygens (including phenoxy) is 1. The predicted molar refractivity (Wildman–Crippen MR) is 79.0 cm³/mol. The Balaban J connectivity index is 2.23. The maximum atomic E-state index is 12.6. The van der Waals surface area contributed by atoms with Crippen molar-refractivity contribution in [3.63, 3.8) is 0 Å². The highest BCUT2D eigenvalue weighted by molar-refractivity contribution is 7.89. The molecule has 0 amide bonds. The van der Waals surface area contributed by atoms with Crippen LogP contribution in [0.5, 0.6) is 0 Å². The van der Waals surface area contributed by atoms with Gasteiger partial charge in [-0.25, -0.2) is 8.42 Å². The summed E-state index contributed by atoms with van der Waals surface area (Å²) in [6, 6.07) is 4.88. The van der Waals surface area contributed by atoms with Crippen LogP contribution < -0.4 is 5.73 Å². The Bertz CT molecular complexity index is 566. The van der Waals surface area contributed by atoms with Crippen molar-refractivity contribution in [2.24, 2.45) is 0 Å². The molecule has 2 rings (SSSR count). The molecule has 1 saturated heterocycles. The maximum Gasteiger partial charge on any atom is 0.243 e. The molecule has 1 atom stereocenters. The van der Waals surface area contributed by atoms with E-state index in [9.17, 15) is 8.42 Å². The number of likely N-dealkylation sites (N-methyl/N-ethyl adjacent to an activating group) is 1. The Labute approximate surface area is 120 Å². The fourth-order valence-corrected chi connectivity index (χ4v) is 3.86. The van der Waals surface area contributed by atoms with Crippen molar-refractivity contribution < 1.29 is 13.2 Å². The summed E-state index contributed by atoms with van der Waals surface area (Å²) in [5.74, 6) is 0. The van der Waals surface area contributed by atoms with Crippen LogP contribution in [0.3, 0.4) is 0 Å². The van der Waals surface area contributed by atoms with Gasteiger partial charge in [0.25, 0.3) is 0 Å². The van der Waals surface area contributed by atoms with Crippen molar-refractivity contribution in [1.82, 2.24) is 4.31 Å². The third-order valence-corrected chi connectivity index (χ3v) is 5.61. The Morgan fingerprint density at radius 1 is 1.45 bits per heavy atom. The van der Waals surface area contributed by atoms with Gasteiger partial charge in [0.2, 0.25) is 10.0 Å². The molecule has 1 unspecified atom stereocenters. The first-order valence-corrected chi connectivity index (χ1v) is 8.37. The van der Waals surface area contributed by atoms with Gasteiger partial charge in [-0.2, -0.15) is 4.31 Å². The quantitative estimate of drug-likeness (QED) is 0.841. The van der Waals surface area contributed by atoms with E-state index in [1.54, 1.807) is 12.1 Å². The topological polar surface area (TPSA) is 72.6 Å². The minimum absolute atomic E-state index is 0.00696. The normalized spacial score (nSPS) is 19.6. The van der Waals surface area contributed by atoms with Crippen molar-refractivity contribution in [2.45, 2.75) is 37.7 Å². The van der Waals surface area contributed by atoms with Crippen LogP contribution in [0.15, 0.2) is 23.1 Å². The smallest absolute Gasteiger partial charge is 0.243 e. The number of nitrogens with zero attached hydrogens (tertiary/aromatic N) is 1. The molecule has 1 aromatic carbocycles. The molecule has 0 aromatic heterocycles. The fourth-order valence-electron chi connectivity index (χ4n) is 2.34. The molecule has 0 bridgehead atoms. The fraction of sp³-hybridized carbons (Fsp3) is 0.571. The van der Waals surface area contributed by atoms with E-state index < -0.39 is 10.0 Å². The number of benzene rings is 1. The second kappa shape index (κ2) is 6.11. The van der Waals surface area contributed by atoms with E-state index in [0.717, 1.165) is 25.0 Å². The van der Waals surface area contributed by atoms with Gasteiger partial charge in [0, 0.05) is 25.4 Å². The van der Waals surface area contributed by atoms with Crippen LogP contribution in [0.2, 0.25) is 0 Å². The van der Waals surface area contributed by atoms with Crippen LogP contribution >= 0.6 is 0 Å². The van der Waals surface area contributed by atoms with Crippen molar-refractivity contribution in [1.29, 1.82) is 0 Å². The Morgan fingerprint density at radius 2 is 2.20 bits per heavy atom. The predicted octanol–water partition coefficient (Wildman–Crippen LogP) is 1.77. The Kier molecular flexibility index (Phi) is 4.67. The molecule has 2 N–H and O–H groups in total. The lowest BCUT2D eigenvalue weighted by molar-refractivity contribution is 0.0947. The van der Waals surface area contributed by atoms with Crippen molar-refractivity contribution in [3.05, 3.63) is 23.8 Å².